The maximum atomic E-state index is 12.2. The van der Waals surface area contributed by atoms with Crippen LogP contribution in [-0.4, -0.2) is 12.5 Å². The van der Waals surface area contributed by atoms with Gasteiger partial charge in [-0.2, -0.15) is 0 Å². The minimum atomic E-state index is -0.0921. The molecular formula is C18H14BrNO2. The molecule has 110 valence electrons. The zero-order valence-corrected chi connectivity index (χ0v) is 13.4. The molecule has 0 atom stereocenters. The number of carbonyl (C=O) groups is 1. The molecule has 1 N–H and O–H groups in total. The summed E-state index contributed by atoms with van der Waals surface area (Å²) in [5, 5.41) is 2.87. The zero-order chi connectivity index (χ0) is 15.5. The van der Waals surface area contributed by atoms with Crippen LogP contribution in [0.3, 0.4) is 0 Å². The molecule has 0 bridgehead atoms. The van der Waals surface area contributed by atoms with Crippen molar-refractivity contribution in [3.05, 3.63) is 70.7 Å². The monoisotopic (exact) mass is 355 g/mol. The second-order valence-electron chi connectivity index (χ2n) is 4.87. The highest BCUT2D eigenvalue weighted by molar-refractivity contribution is 9.10. The first-order chi connectivity index (χ1) is 10.7. The van der Waals surface area contributed by atoms with Crippen LogP contribution in [0.25, 0.3) is 11.6 Å². The fourth-order valence-electron chi connectivity index (χ4n) is 2.32. The van der Waals surface area contributed by atoms with Gasteiger partial charge in [-0.05, 0) is 42.0 Å². The van der Waals surface area contributed by atoms with Gasteiger partial charge in [0.2, 0.25) is 0 Å². The van der Waals surface area contributed by atoms with Crippen molar-refractivity contribution in [1.82, 2.24) is 0 Å². The van der Waals surface area contributed by atoms with Crippen molar-refractivity contribution < 1.29 is 9.53 Å². The second kappa shape index (κ2) is 6.20. The fourth-order valence-corrected chi connectivity index (χ4v) is 2.68. The highest BCUT2D eigenvalue weighted by Crippen LogP contribution is 2.35. The average molecular weight is 356 g/mol. The van der Waals surface area contributed by atoms with Gasteiger partial charge in [-0.3, -0.25) is 4.79 Å². The molecular weight excluding hydrogens is 342 g/mol. The van der Waals surface area contributed by atoms with E-state index in [9.17, 15) is 4.79 Å². The van der Waals surface area contributed by atoms with Crippen LogP contribution in [0.4, 0.5) is 5.69 Å². The smallest absolute Gasteiger partial charge is 0.256 e. The van der Waals surface area contributed by atoms with Crippen molar-refractivity contribution in [3.8, 4) is 5.75 Å². The number of nitrogens with one attached hydrogen (secondary N) is 1. The Labute approximate surface area is 137 Å². The van der Waals surface area contributed by atoms with E-state index >= 15 is 0 Å². The quantitative estimate of drug-likeness (QED) is 0.647. The molecule has 3 nitrogen and oxygen atoms in total. The lowest BCUT2D eigenvalue weighted by Gasteiger charge is -2.04. The first kappa shape index (κ1) is 14.6. The van der Waals surface area contributed by atoms with E-state index in [1.54, 1.807) is 6.08 Å². The molecule has 2 aromatic rings. The van der Waals surface area contributed by atoms with Gasteiger partial charge in [0.25, 0.3) is 5.91 Å². The summed E-state index contributed by atoms with van der Waals surface area (Å²) < 4.78 is 6.46. The molecule has 1 heterocycles. The van der Waals surface area contributed by atoms with E-state index in [1.807, 2.05) is 48.5 Å². The Hall–Kier alpha value is -2.33. The minimum Gasteiger partial charge on any atom is -0.490 e. The molecule has 4 heteroatoms. The summed E-state index contributed by atoms with van der Waals surface area (Å²) in [4.78, 5) is 12.2. The number of anilines is 1. The van der Waals surface area contributed by atoms with E-state index in [0.29, 0.717) is 12.2 Å². The topological polar surface area (TPSA) is 38.3 Å². The van der Waals surface area contributed by atoms with Gasteiger partial charge < -0.3 is 10.1 Å². The summed E-state index contributed by atoms with van der Waals surface area (Å²) in [6.45, 7) is 4.08. The summed E-state index contributed by atoms with van der Waals surface area (Å²) in [6.07, 6.45) is 3.57. The lowest BCUT2D eigenvalue weighted by molar-refractivity contribution is -0.110. The van der Waals surface area contributed by atoms with Gasteiger partial charge >= 0.3 is 0 Å². The normalized spacial score (nSPS) is 14.6. The van der Waals surface area contributed by atoms with E-state index < -0.39 is 0 Å². The molecule has 0 aliphatic carbocycles. The van der Waals surface area contributed by atoms with Crippen molar-refractivity contribution in [2.24, 2.45) is 0 Å². The van der Waals surface area contributed by atoms with Crippen LogP contribution in [0.2, 0.25) is 0 Å². The number of halogens is 1. The van der Waals surface area contributed by atoms with Gasteiger partial charge in [0.1, 0.15) is 12.4 Å². The van der Waals surface area contributed by atoms with Crippen LogP contribution >= 0.6 is 15.9 Å². The molecule has 0 unspecified atom stereocenters. The van der Waals surface area contributed by atoms with Gasteiger partial charge in [0.05, 0.1) is 0 Å². The van der Waals surface area contributed by atoms with E-state index in [4.69, 9.17) is 4.74 Å². The number of fused-ring (bicyclic) bond motifs is 1. The number of carbonyl (C=O) groups excluding carboxylic acids is 1. The molecule has 0 saturated heterocycles. The average Bonchev–Trinajstić information content (AvgIpc) is 2.81. The zero-order valence-electron chi connectivity index (χ0n) is 11.8. The molecule has 1 aliphatic rings. The molecule has 2 aromatic carbocycles. The maximum absolute atomic E-state index is 12.2. The van der Waals surface area contributed by atoms with E-state index in [2.05, 4.69) is 27.8 Å². The Morgan fingerprint density at radius 2 is 2.09 bits per heavy atom. The Bertz CT molecular complexity index is 780. The summed E-state index contributed by atoms with van der Waals surface area (Å²) in [6, 6.07) is 13.4. The van der Waals surface area contributed by atoms with Gasteiger partial charge in [-0.15, -0.1) is 0 Å². The van der Waals surface area contributed by atoms with Crippen molar-refractivity contribution in [3.63, 3.8) is 0 Å². The Morgan fingerprint density at radius 3 is 2.91 bits per heavy atom. The van der Waals surface area contributed by atoms with E-state index in [0.717, 1.165) is 27.0 Å². The Morgan fingerprint density at radius 1 is 1.23 bits per heavy atom. The maximum Gasteiger partial charge on any atom is 0.256 e. The molecule has 0 radical (unpaired) electrons. The molecule has 0 aromatic heterocycles. The largest absolute Gasteiger partial charge is 0.490 e. The second-order valence-corrected chi connectivity index (χ2v) is 5.79. The Balaban J connectivity index is 1.97. The van der Waals surface area contributed by atoms with Crippen molar-refractivity contribution >= 4 is 39.2 Å². The highest BCUT2D eigenvalue weighted by Gasteiger charge is 2.24. The van der Waals surface area contributed by atoms with Crippen molar-refractivity contribution in [1.29, 1.82) is 0 Å². The number of rotatable bonds is 4. The highest BCUT2D eigenvalue weighted by atomic mass is 79.9. The van der Waals surface area contributed by atoms with Gasteiger partial charge in [-0.1, -0.05) is 40.7 Å². The van der Waals surface area contributed by atoms with Gasteiger partial charge in [0, 0.05) is 21.3 Å². The fraction of sp³-hybridized carbons (Fsp3) is 0.0556. The van der Waals surface area contributed by atoms with Crippen LogP contribution in [0, 0.1) is 0 Å². The lowest BCUT2D eigenvalue weighted by Crippen LogP contribution is -2.03. The summed E-state index contributed by atoms with van der Waals surface area (Å²) in [7, 11) is 0. The summed E-state index contributed by atoms with van der Waals surface area (Å²) in [5.74, 6) is 0.660. The molecule has 0 spiro atoms. The Kier molecular flexibility index (Phi) is 4.11. The first-order valence-electron chi connectivity index (χ1n) is 6.84. The van der Waals surface area contributed by atoms with Crippen LogP contribution in [0.5, 0.6) is 5.75 Å². The number of hydrogen-bond acceptors (Lipinski definition) is 2. The molecule has 1 aliphatic heterocycles. The van der Waals surface area contributed by atoms with Crippen LogP contribution in [0.1, 0.15) is 11.1 Å². The number of benzene rings is 2. The van der Waals surface area contributed by atoms with Gasteiger partial charge in [-0.25, -0.2) is 0 Å². The standard InChI is InChI=1S/C18H14BrNO2/c1-2-8-22-14-5-3-4-12(9-14)10-16-15-11-13(19)6-7-17(15)20-18(16)21/h2-7,9-11H,1,8H2,(H,20,21). The van der Waals surface area contributed by atoms with E-state index in [1.165, 1.54) is 0 Å². The third kappa shape index (κ3) is 2.97. The van der Waals surface area contributed by atoms with Crippen LogP contribution in [0.15, 0.2) is 59.6 Å². The van der Waals surface area contributed by atoms with Gasteiger partial charge in [0.15, 0.2) is 0 Å². The van der Waals surface area contributed by atoms with Crippen LogP contribution in [-0.2, 0) is 4.79 Å². The summed E-state index contributed by atoms with van der Waals surface area (Å²) in [5.41, 5.74) is 3.30. The molecule has 1 amide bonds. The lowest BCUT2D eigenvalue weighted by atomic mass is 10.0. The molecule has 3 rings (SSSR count). The minimum absolute atomic E-state index is 0.0921. The number of hydrogen-bond donors (Lipinski definition) is 1. The predicted octanol–water partition coefficient (Wildman–Crippen LogP) is 4.51. The van der Waals surface area contributed by atoms with Crippen molar-refractivity contribution in [2.75, 3.05) is 11.9 Å². The SMILES string of the molecule is C=CCOc1cccc(C=C2C(=O)Nc3ccc(Br)cc32)c1. The first-order valence-corrected chi connectivity index (χ1v) is 7.63. The number of ether oxygens (including phenoxy) is 1. The number of amides is 1. The third-order valence-electron chi connectivity index (χ3n) is 3.30. The molecule has 22 heavy (non-hydrogen) atoms. The summed E-state index contributed by atoms with van der Waals surface area (Å²) >= 11 is 3.44. The van der Waals surface area contributed by atoms with Crippen LogP contribution < -0.4 is 10.1 Å². The van der Waals surface area contributed by atoms with E-state index in [-0.39, 0.29) is 5.91 Å². The predicted molar refractivity (Wildman–Crippen MR) is 92.8 cm³/mol. The molecule has 0 saturated carbocycles. The third-order valence-corrected chi connectivity index (χ3v) is 3.79. The van der Waals surface area contributed by atoms with Crippen molar-refractivity contribution in [2.45, 2.75) is 0 Å². The molecule has 0 fully saturated rings.